The number of nitriles is 1. The van der Waals surface area contributed by atoms with Crippen LogP contribution < -0.4 is 25.5 Å². The van der Waals surface area contributed by atoms with Gasteiger partial charge in [0.15, 0.2) is 11.5 Å². The lowest BCUT2D eigenvalue weighted by atomic mass is 9.84. The maximum Gasteiger partial charge on any atom is 0.258 e. The maximum atomic E-state index is 13.4. The fourth-order valence-electron chi connectivity index (χ4n) is 3.51. The maximum absolute atomic E-state index is 13.4. The van der Waals surface area contributed by atoms with E-state index < -0.39 is 5.92 Å². The number of hydrogen-bond donors (Lipinski definition) is 1. The van der Waals surface area contributed by atoms with Gasteiger partial charge in [0, 0.05) is 25.4 Å². The third-order valence-electron chi connectivity index (χ3n) is 4.95. The third kappa shape index (κ3) is 3.52. The molecule has 0 bridgehead atoms. The first-order valence-electron chi connectivity index (χ1n) is 8.99. The second kappa shape index (κ2) is 8.29. The molecule has 1 aromatic heterocycles. The Morgan fingerprint density at radius 3 is 2.55 bits per heavy atom. The van der Waals surface area contributed by atoms with Gasteiger partial charge in [0.05, 0.1) is 32.3 Å². The molecule has 0 radical (unpaired) electrons. The summed E-state index contributed by atoms with van der Waals surface area (Å²) in [6.07, 6.45) is 0. The summed E-state index contributed by atoms with van der Waals surface area (Å²) < 4.78 is 23.1. The number of rotatable bonds is 6. The van der Waals surface area contributed by atoms with Gasteiger partial charge in [0.25, 0.3) is 5.56 Å². The highest BCUT2D eigenvalue weighted by Gasteiger charge is 2.34. The van der Waals surface area contributed by atoms with Crippen LogP contribution in [0, 0.1) is 18.3 Å². The van der Waals surface area contributed by atoms with Crippen LogP contribution in [-0.2, 0) is 11.3 Å². The van der Waals surface area contributed by atoms with Crippen molar-refractivity contribution in [2.24, 2.45) is 5.73 Å². The van der Waals surface area contributed by atoms with Gasteiger partial charge in [-0.15, -0.1) is 0 Å². The van der Waals surface area contributed by atoms with Gasteiger partial charge in [-0.25, -0.2) is 0 Å². The Morgan fingerprint density at radius 1 is 1.21 bits per heavy atom. The molecule has 0 fully saturated rings. The molecule has 8 heteroatoms. The molecule has 0 spiro atoms. The number of nitrogens with two attached hydrogens (primary N) is 1. The molecular weight excluding hydrogens is 374 g/mol. The molecule has 2 N–H and O–H groups in total. The number of methoxy groups -OCH3 is 3. The van der Waals surface area contributed by atoms with Crippen LogP contribution in [-0.4, -0.2) is 32.5 Å². The molecule has 1 unspecified atom stereocenters. The molecule has 152 valence electrons. The fraction of sp³-hybridized carbons (Fsp3) is 0.333. The van der Waals surface area contributed by atoms with Gasteiger partial charge in [-0.1, -0.05) is 6.07 Å². The third-order valence-corrected chi connectivity index (χ3v) is 4.95. The van der Waals surface area contributed by atoms with E-state index in [0.29, 0.717) is 47.2 Å². The summed E-state index contributed by atoms with van der Waals surface area (Å²) in [6, 6.07) is 9.10. The van der Waals surface area contributed by atoms with Crippen LogP contribution in [0.5, 0.6) is 17.2 Å². The highest BCUT2D eigenvalue weighted by molar-refractivity contribution is 5.57. The van der Waals surface area contributed by atoms with E-state index in [4.69, 9.17) is 24.7 Å². The largest absolute Gasteiger partial charge is 0.493 e. The molecule has 0 aliphatic carbocycles. The van der Waals surface area contributed by atoms with Gasteiger partial charge >= 0.3 is 0 Å². The van der Waals surface area contributed by atoms with Crippen LogP contribution in [0.4, 0.5) is 0 Å². The summed E-state index contributed by atoms with van der Waals surface area (Å²) in [6.45, 7) is 2.57. The normalized spacial score (nSPS) is 15.3. The van der Waals surface area contributed by atoms with E-state index in [9.17, 15) is 10.1 Å². The summed E-state index contributed by atoms with van der Waals surface area (Å²) in [5.74, 6) is 0.664. The molecule has 0 saturated heterocycles. The fourth-order valence-corrected chi connectivity index (χ4v) is 3.51. The first-order chi connectivity index (χ1) is 14.0. The molecule has 1 aliphatic rings. The van der Waals surface area contributed by atoms with Gasteiger partial charge in [0.2, 0.25) is 5.88 Å². The molecule has 2 aromatic rings. The zero-order chi connectivity index (χ0) is 21.1. The number of benzene rings is 1. The van der Waals surface area contributed by atoms with Crippen LogP contribution >= 0.6 is 0 Å². The number of nitrogens with zero attached hydrogens (tertiary/aromatic N) is 2. The molecule has 2 heterocycles. The lowest BCUT2D eigenvalue weighted by Crippen LogP contribution is -2.33. The van der Waals surface area contributed by atoms with Crippen molar-refractivity contribution in [3.63, 3.8) is 0 Å². The van der Waals surface area contributed by atoms with Crippen LogP contribution in [0.15, 0.2) is 40.5 Å². The van der Waals surface area contributed by atoms with E-state index in [1.807, 2.05) is 6.92 Å². The lowest BCUT2D eigenvalue weighted by Gasteiger charge is -2.27. The minimum absolute atomic E-state index is 0.0202. The summed E-state index contributed by atoms with van der Waals surface area (Å²) in [4.78, 5) is 13.4. The number of pyridine rings is 1. The molecule has 0 amide bonds. The lowest BCUT2D eigenvalue weighted by molar-refractivity contribution is 0.185. The highest BCUT2D eigenvalue weighted by atomic mass is 16.5. The predicted molar refractivity (Wildman–Crippen MR) is 106 cm³/mol. The number of aryl methyl sites for hydroxylation is 1. The zero-order valence-electron chi connectivity index (χ0n) is 16.8. The minimum atomic E-state index is -0.689. The predicted octanol–water partition coefficient (Wildman–Crippen LogP) is 2.04. The van der Waals surface area contributed by atoms with Gasteiger partial charge in [-0.2, -0.15) is 5.26 Å². The highest BCUT2D eigenvalue weighted by Crippen LogP contribution is 2.42. The topological polar surface area (TPSA) is 109 Å². The van der Waals surface area contributed by atoms with Gasteiger partial charge in [-0.05, 0) is 24.6 Å². The monoisotopic (exact) mass is 397 g/mol. The first-order valence-corrected chi connectivity index (χ1v) is 8.99. The first kappa shape index (κ1) is 20.3. The number of fused-ring (bicyclic) bond motifs is 1. The number of hydrogen-bond acceptors (Lipinski definition) is 7. The summed E-state index contributed by atoms with van der Waals surface area (Å²) in [5, 5.41) is 9.75. The SMILES string of the molecule is COCCn1c(C)cc2c(c1=O)C(c1ccc(OC)c(OC)c1)C(C#N)=C(N)O2. The second-order valence-electron chi connectivity index (χ2n) is 6.55. The molecular formula is C21H23N3O5. The average Bonchev–Trinajstić information content (AvgIpc) is 2.72. The Labute approximate surface area is 168 Å². The zero-order valence-corrected chi connectivity index (χ0v) is 16.8. The molecule has 1 aliphatic heterocycles. The Hall–Kier alpha value is -3.44. The van der Waals surface area contributed by atoms with Crippen LogP contribution in [0.25, 0.3) is 0 Å². The quantitative estimate of drug-likeness (QED) is 0.794. The van der Waals surface area contributed by atoms with Gasteiger partial charge < -0.3 is 29.2 Å². The van der Waals surface area contributed by atoms with E-state index in [0.717, 1.165) is 0 Å². The molecule has 8 nitrogen and oxygen atoms in total. The van der Waals surface area contributed by atoms with Crippen molar-refractivity contribution >= 4 is 0 Å². The molecule has 1 aromatic carbocycles. The van der Waals surface area contributed by atoms with Crippen LogP contribution in [0.1, 0.15) is 22.7 Å². The van der Waals surface area contributed by atoms with Gasteiger partial charge in [0.1, 0.15) is 17.4 Å². The van der Waals surface area contributed by atoms with Crippen molar-refractivity contribution in [1.29, 1.82) is 5.26 Å². The molecule has 0 saturated carbocycles. The summed E-state index contributed by atoms with van der Waals surface area (Å²) in [7, 11) is 4.64. The van der Waals surface area contributed by atoms with Crippen molar-refractivity contribution in [2.75, 3.05) is 27.9 Å². The minimum Gasteiger partial charge on any atom is -0.493 e. The van der Waals surface area contributed by atoms with Crippen molar-refractivity contribution in [1.82, 2.24) is 4.57 Å². The number of allylic oxidation sites excluding steroid dienone is 1. The Kier molecular flexibility index (Phi) is 5.80. The van der Waals surface area contributed by atoms with E-state index >= 15 is 0 Å². The standard InChI is InChI=1S/C21H23N3O5/c1-12-9-17-19(21(25)24(12)7-8-26-2)18(14(11-22)20(23)29-17)13-5-6-15(27-3)16(10-13)28-4/h5-6,9-10,18H,7-8,23H2,1-4H3. The molecule has 1 atom stereocenters. The Bertz CT molecular complexity index is 1070. The van der Waals surface area contributed by atoms with Crippen LogP contribution in [0.3, 0.4) is 0 Å². The van der Waals surface area contributed by atoms with Crippen molar-refractivity contribution in [3.8, 4) is 23.3 Å². The van der Waals surface area contributed by atoms with Crippen molar-refractivity contribution in [2.45, 2.75) is 19.4 Å². The average molecular weight is 397 g/mol. The Morgan fingerprint density at radius 2 is 1.93 bits per heavy atom. The van der Waals surface area contributed by atoms with Gasteiger partial charge in [-0.3, -0.25) is 4.79 Å². The van der Waals surface area contributed by atoms with E-state index in [-0.39, 0.29) is 17.0 Å². The number of ether oxygens (including phenoxy) is 4. The summed E-state index contributed by atoms with van der Waals surface area (Å²) >= 11 is 0. The number of aromatic nitrogens is 1. The Balaban J connectivity index is 2.27. The smallest absolute Gasteiger partial charge is 0.258 e. The van der Waals surface area contributed by atoms with Crippen molar-refractivity contribution < 1.29 is 18.9 Å². The molecule has 29 heavy (non-hydrogen) atoms. The summed E-state index contributed by atoms with van der Waals surface area (Å²) in [5.41, 5.74) is 7.68. The van der Waals surface area contributed by atoms with E-state index in [1.165, 1.54) is 14.2 Å². The van der Waals surface area contributed by atoms with E-state index in [1.54, 1.807) is 35.9 Å². The van der Waals surface area contributed by atoms with E-state index in [2.05, 4.69) is 6.07 Å². The molecule has 3 rings (SSSR count). The second-order valence-corrected chi connectivity index (χ2v) is 6.55. The van der Waals surface area contributed by atoms with Crippen LogP contribution in [0.2, 0.25) is 0 Å². The van der Waals surface area contributed by atoms with Crippen molar-refractivity contribution in [3.05, 3.63) is 62.9 Å².